The molecule has 0 spiro atoms. The summed E-state index contributed by atoms with van der Waals surface area (Å²) in [5.74, 6) is 0.942. The molecule has 166 valence electrons. The molecule has 7 heteroatoms. The second-order valence-electron chi connectivity index (χ2n) is 8.01. The quantitative estimate of drug-likeness (QED) is 0.431. The summed E-state index contributed by atoms with van der Waals surface area (Å²) in [6.45, 7) is 7.13. The summed E-state index contributed by atoms with van der Waals surface area (Å²) in [7, 11) is 4.14. The van der Waals surface area contributed by atoms with Gasteiger partial charge in [0.2, 0.25) is 5.91 Å². The fraction of sp³-hybridized carbons (Fsp3) is 0.458. The van der Waals surface area contributed by atoms with E-state index in [4.69, 9.17) is 0 Å². The lowest BCUT2D eigenvalue weighted by Gasteiger charge is -2.23. The van der Waals surface area contributed by atoms with Gasteiger partial charge in [-0.15, -0.1) is 10.2 Å². The molecule has 1 heterocycles. The molecule has 0 saturated heterocycles. The minimum absolute atomic E-state index is 0.0346. The second-order valence-corrected chi connectivity index (χ2v) is 9.32. The number of carbonyl (C=O) groups is 1. The molecule has 6 nitrogen and oxygen atoms in total. The van der Waals surface area contributed by atoms with E-state index in [0.717, 1.165) is 53.2 Å². The highest BCUT2D eigenvalue weighted by atomic mass is 32.2. The first-order valence-corrected chi connectivity index (χ1v) is 11.9. The van der Waals surface area contributed by atoms with Crippen LogP contribution in [0.25, 0.3) is 10.8 Å². The van der Waals surface area contributed by atoms with Crippen molar-refractivity contribution in [2.75, 3.05) is 19.4 Å². The first kappa shape index (κ1) is 23.3. The lowest BCUT2D eigenvalue weighted by atomic mass is 10.1. The van der Waals surface area contributed by atoms with Gasteiger partial charge in [0.05, 0.1) is 11.3 Å². The molecular weight excluding hydrogens is 406 g/mol. The van der Waals surface area contributed by atoms with Crippen molar-refractivity contribution in [3.05, 3.63) is 48.3 Å². The van der Waals surface area contributed by atoms with Crippen LogP contribution in [0.1, 0.15) is 51.9 Å². The van der Waals surface area contributed by atoms with Crippen molar-refractivity contribution in [2.45, 2.75) is 63.0 Å². The first-order valence-electron chi connectivity index (χ1n) is 11.0. The zero-order valence-corrected chi connectivity index (χ0v) is 19.9. The molecule has 2 aromatic carbocycles. The van der Waals surface area contributed by atoms with Crippen molar-refractivity contribution in [2.24, 2.45) is 0 Å². The van der Waals surface area contributed by atoms with Crippen molar-refractivity contribution >= 4 is 34.1 Å². The molecular formula is C24H33N5OS. The number of hydrogen-bond donors (Lipinski definition) is 1. The monoisotopic (exact) mass is 439 g/mol. The molecule has 1 aromatic heterocycles. The number of fused-ring (bicyclic) bond motifs is 1. The molecule has 0 saturated carbocycles. The zero-order valence-electron chi connectivity index (χ0n) is 19.1. The lowest BCUT2D eigenvalue weighted by molar-refractivity contribution is -0.115. The van der Waals surface area contributed by atoms with Gasteiger partial charge in [0.1, 0.15) is 0 Å². The fourth-order valence-corrected chi connectivity index (χ4v) is 4.60. The van der Waals surface area contributed by atoms with Gasteiger partial charge in [0.25, 0.3) is 0 Å². The maximum atomic E-state index is 13.0. The summed E-state index contributed by atoms with van der Waals surface area (Å²) >= 11 is 1.47. The summed E-state index contributed by atoms with van der Waals surface area (Å²) in [6, 6.07) is 14.2. The normalized spacial score (nSPS) is 13.5. The summed E-state index contributed by atoms with van der Waals surface area (Å²) in [5, 5.41) is 14.8. The number of anilines is 1. The van der Waals surface area contributed by atoms with Crippen LogP contribution in [0.2, 0.25) is 0 Å². The number of unbranched alkanes of at least 4 members (excludes halogenated alkanes) is 1. The fourth-order valence-electron chi connectivity index (χ4n) is 3.72. The standard InChI is InChI=1S/C24H33N5OS/c1-6-8-16-29-22(21(7-2)28(4)5)26-27-24(29)31-17(3)23(30)25-20-15-11-13-18-12-9-10-14-19(18)20/h9-15,17,21H,6-8,16H2,1-5H3,(H,25,30). The summed E-state index contributed by atoms with van der Waals surface area (Å²) in [4.78, 5) is 15.2. The third kappa shape index (κ3) is 5.46. The van der Waals surface area contributed by atoms with E-state index in [-0.39, 0.29) is 17.2 Å². The van der Waals surface area contributed by atoms with Gasteiger partial charge in [-0.1, -0.05) is 68.4 Å². The van der Waals surface area contributed by atoms with Crippen molar-refractivity contribution in [1.82, 2.24) is 19.7 Å². The minimum Gasteiger partial charge on any atom is -0.325 e. The Labute approximate surface area is 189 Å². The van der Waals surface area contributed by atoms with E-state index in [1.54, 1.807) is 0 Å². The number of thioether (sulfide) groups is 1. The lowest BCUT2D eigenvalue weighted by Crippen LogP contribution is -2.24. The summed E-state index contributed by atoms with van der Waals surface area (Å²) in [6.07, 6.45) is 3.11. The van der Waals surface area contributed by atoms with E-state index < -0.39 is 0 Å². The number of aromatic nitrogens is 3. The molecule has 1 amide bonds. The number of hydrogen-bond acceptors (Lipinski definition) is 5. The number of nitrogens with zero attached hydrogens (tertiary/aromatic N) is 4. The summed E-state index contributed by atoms with van der Waals surface area (Å²) < 4.78 is 2.20. The maximum absolute atomic E-state index is 13.0. The van der Waals surface area contributed by atoms with Gasteiger partial charge in [0.15, 0.2) is 11.0 Å². The second kappa shape index (κ2) is 10.8. The van der Waals surface area contributed by atoms with Crippen LogP contribution in [0.5, 0.6) is 0 Å². The van der Waals surface area contributed by atoms with E-state index in [1.807, 2.05) is 37.3 Å². The topological polar surface area (TPSA) is 63.1 Å². The Morgan fingerprint density at radius 2 is 1.87 bits per heavy atom. The molecule has 3 aromatic rings. The average Bonchev–Trinajstić information content (AvgIpc) is 3.14. The number of amides is 1. The molecule has 2 atom stereocenters. The first-order chi connectivity index (χ1) is 15.0. The Bertz CT molecular complexity index is 1010. The van der Waals surface area contributed by atoms with Gasteiger partial charge in [-0.2, -0.15) is 0 Å². The van der Waals surface area contributed by atoms with Crippen LogP contribution in [-0.4, -0.2) is 44.9 Å². The van der Waals surface area contributed by atoms with Gasteiger partial charge >= 0.3 is 0 Å². The molecule has 0 aliphatic carbocycles. The van der Waals surface area contributed by atoms with Crippen molar-refractivity contribution in [1.29, 1.82) is 0 Å². The molecule has 3 rings (SSSR count). The Hall–Kier alpha value is -2.38. The van der Waals surface area contributed by atoms with Gasteiger partial charge in [0, 0.05) is 17.6 Å². The average molecular weight is 440 g/mol. The highest BCUT2D eigenvalue weighted by Gasteiger charge is 2.24. The maximum Gasteiger partial charge on any atom is 0.237 e. The SMILES string of the molecule is CCCCn1c(SC(C)C(=O)Nc2cccc3ccccc23)nnc1C(CC)N(C)C. The molecule has 2 unspecified atom stereocenters. The predicted molar refractivity (Wildman–Crippen MR) is 130 cm³/mol. The van der Waals surface area contributed by atoms with Gasteiger partial charge in [-0.05, 0) is 45.3 Å². The Balaban J connectivity index is 1.79. The third-order valence-corrected chi connectivity index (χ3v) is 6.57. The highest BCUT2D eigenvalue weighted by Crippen LogP contribution is 2.29. The molecule has 0 aliphatic heterocycles. The number of nitrogens with one attached hydrogen (secondary N) is 1. The van der Waals surface area contributed by atoms with E-state index in [2.05, 4.69) is 65.1 Å². The minimum atomic E-state index is -0.296. The summed E-state index contributed by atoms with van der Waals surface area (Å²) in [5.41, 5.74) is 0.836. The van der Waals surface area contributed by atoms with E-state index in [9.17, 15) is 4.79 Å². The van der Waals surface area contributed by atoms with Crippen molar-refractivity contribution < 1.29 is 4.79 Å². The van der Waals surface area contributed by atoms with Crippen molar-refractivity contribution in [3.8, 4) is 0 Å². The van der Waals surface area contributed by atoms with Crippen LogP contribution in [0.3, 0.4) is 0 Å². The molecule has 31 heavy (non-hydrogen) atoms. The molecule has 0 fully saturated rings. The van der Waals surface area contributed by atoms with E-state index >= 15 is 0 Å². The van der Waals surface area contributed by atoms with Crippen LogP contribution < -0.4 is 5.32 Å². The predicted octanol–water partition coefficient (Wildman–Crippen LogP) is 5.36. The number of benzene rings is 2. The van der Waals surface area contributed by atoms with Gasteiger partial charge < -0.3 is 9.88 Å². The molecule has 0 bridgehead atoms. The van der Waals surface area contributed by atoms with Gasteiger partial charge in [-0.25, -0.2) is 0 Å². The molecule has 1 N–H and O–H groups in total. The molecule has 0 radical (unpaired) electrons. The Morgan fingerprint density at radius 1 is 1.13 bits per heavy atom. The number of rotatable bonds is 10. The van der Waals surface area contributed by atoms with Crippen LogP contribution >= 0.6 is 11.8 Å². The number of carbonyl (C=O) groups excluding carboxylic acids is 1. The van der Waals surface area contributed by atoms with E-state index in [0.29, 0.717) is 0 Å². The van der Waals surface area contributed by atoms with Crippen molar-refractivity contribution in [3.63, 3.8) is 0 Å². The van der Waals surface area contributed by atoms with E-state index in [1.165, 1.54) is 11.8 Å². The zero-order chi connectivity index (χ0) is 22.4. The highest BCUT2D eigenvalue weighted by molar-refractivity contribution is 8.00. The van der Waals surface area contributed by atoms with Gasteiger partial charge in [-0.3, -0.25) is 9.69 Å². The van der Waals surface area contributed by atoms with Crippen LogP contribution in [0.4, 0.5) is 5.69 Å². The largest absolute Gasteiger partial charge is 0.325 e. The van der Waals surface area contributed by atoms with Crippen LogP contribution in [0.15, 0.2) is 47.6 Å². The van der Waals surface area contributed by atoms with Crippen LogP contribution in [0, 0.1) is 0 Å². The smallest absolute Gasteiger partial charge is 0.237 e. The third-order valence-electron chi connectivity index (χ3n) is 5.49. The Morgan fingerprint density at radius 3 is 2.58 bits per heavy atom. The molecule has 0 aliphatic rings. The van der Waals surface area contributed by atoms with Crippen LogP contribution in [-0.2, 0) is 11.3 Å². The Kier molecular flexibility index (Phi) is 8.09.